The maximum Gasteiger partial charge on any atom is 0.253 e. The van der Waals surface area contributed by atoms with Gasteiger partial charge >= 0.3 is 0 Å². The van der Waals surface area contributed by atoms with Crippen LogP contribution in [-0.4, -0.2) is 58.5 Å². The number of piperazine rings is 1. The van der Waals surface area contributed by atoms with E-state index < -0.39 is 0 Å². The molecule has 1 saturated heterocycles. The number of hydrogen-bond donors (Lipinski definition) is 3. The van der Waals surface area contributed by atoms with Gasteiger partial charge in [-0.2, -0.15) is 0 Å². The predicted molar refractivity (Wildman–Crippen MR) is 154 cm³/mol. The van der Waals surface area contributed by atoms with Crippen molar-refractivity contribution in [2.24, 2.45) is 0 Å². The number of nitrogens with one attached hydrogen (secondary N) is 3. The Labute approximate surface area is 227 Å². The van der Waals surface area contributed by atoms with Crippen LogP contribution in [0.3, 0.4) is 0 Å². The quantitative estimate of drug-likeness (QED) is 0.264. The highest BCUT2D eigenvalue weighted by Crippen LogP contribution is 2.34. The SMILES string of the molecule is N=C(c1ccc(CN2CCN(C(=O)c3ccccc3)CC2)cc1)N1C(=N)c2ccccc2Nc2ncccc21. The molecule has 8 nitrogen and oxygen atoms in total. The Morgan fingerprint density at radius 3 is 2.31 bits per heavy atom. The molecule has 3 aromatic carbocycles. The highest BCUT2D eigenvalue weighted by Gasteiger charge is 2.28. The fourth-order valence-corrected chi connectivity index (χ4v) is 5.10. The van der Waals surface area contributed by atoms with Crippen molar-refractivity contribution < 1.29 is 4.79 Å². The van der Waals surface area contributed by atoms with E-state index >= 15 is 0 Å². The summed E-state index contributed by atoms with van der Waals surface area (Å²) in [5, 5.41) is 21.4. The van der Waals surface area contributed by atoms with Gasteiger partial charge in [0.15, 0.2) is 5.82 Å². The van der Waals surface area contributed by atoms with Gasteiger partial charge in [0.05, 0.1) is 11.4 Å². The molecule has 194 valence electrons. The summed E-state index contributed by atoms with van der Waals surface area (Å²) in [6.07, 6.45) is 1.71. The zero-order valence-electron chi connectivity index (χ0n) is 21.5. The van der Waals surface area contributed by atoms with E-state index in [1.165, 1.54) is 0 Å². The van der Waals surface area contributed by atoms with Crippen LogP contribution in [0, 0.1) is 10.8 Å². The van der Waals surface area contributed by atoms with Crippen LogP contribution < -0.4 is 10.2 Å². The number of aromatic nitrogens is 1. The third-order valence-corrected chi connectivity index (χ3v) is 7.22. The van der Waals surface area contributed by atoms with Gasteiger partial charge in [-0.05, 0) is 42.0 Å². The van der Waals surface area contributed by atoms with Gasteiger partial charge in [-0.15, -0.1) is 0 Å². The van der Waals surface area contributed by atoms with Gasteiger partial charge in [0, 0.05) is 55.6 Å². The summed E-state index contributed by atoms with van der Waals surface area (Å²) in [6, 6.07) is 28.7. The lowest BCUT2D eigenvalue weighted by Gasteiger charge is -2.34. The first kappa shape index (κ1) is 24.5. The number of fused-ring (bicyclic) bond motifs is 2. The van der Waals surface area contributed by atoms with Gasteiger partial charge in [0.2, 0.25) is 0 Å². The minimum Gasteiger partial charge on any atom is -0.338 e. The molecule has 0 saturated carbocycles. The van der Waals surface area contributed by atoms with Crippen LogP contribution in [-0.2, 0) is 6.54 Å². The Balaban J connectivity index is 1.14. The molecule has 0 spiro atoms. The molecule has 1 aromatic heterocycles. The molecular weight excluding hydrogens is 486 g/mol. The average Bonchev–Trinajstić information content (AvgIpc) is 3.11. The van der Waals surface area contributed by atoms with Crippen molar-refractivity contribution in [3.63, 3.8) is 0 Å². The van der Waals surface area contributed by atoms with Crippen LogP contribution >= 0.6 is 0 Å². The Morgan fingerprint density at radius 1 is 0.821 bits per heavy atom. The summed E-state index contributed by atoms with van der Waals surface area (Å²) in [6.45, 7) is 3.83. The van der Waals surface area contributed by atoms with Gasteiger partial charge in [-0.1, -0.05) is 54.6 Å². The molecule has 0 radical (unpaired) electrons. The molecule has 0 aliphatic carbocycles. The molecule has 3 N–H and O–H groups in total. The van der Waals surface area contributed by atoms with Gasteiger partial charge in [-0.25, -0.2) is 4.98 Å². The summed E-state index contributed by atoms with van der Waals surface area (Å²) >= 11 is 0. The Kier molecular flexibility index (Phi) is 6.61. The molecule has 0 unspecified atom stereocenters. The van der Waals surface area contributed by atoms with Gasteiger partial charge < -0.3 is 10.2 Å². The second-order valence-electron chi connectivity index (χ2n) is 9.71. The Hall–Kier alpha value is -4.82. The zero-order valence-corrected chi connectivity index (χ0v) is 21.5. The summed E-state index contributed by atoms with van der Waals surface area (Å²) in [4.78, 5) is 23.1. The molecule has 2 aliphatic heterocycles. The second-order valence-corrected chi connectivity index (χ2v) is 9.71. The third kappa shape index (κ3) is 4.89. The second kappa shape index (κ2) is 10.5. The Bertz CT molecular complexity index is 1530. The number of nitrogens with zero attached hydrogens (tertiary/aromatic N) is 4. The number of pyridine rings is 1. The third-order valence-electron chi connectivity index (χ3n) is 7.22. The number of carbonyl (C=O) groups is 1. The monoisotopic (exact) mass is 515 g/mol. The summed E-state index contributed by atoms with van der Waals surface area (Å²) < 4.78 is 0. The number of carbonyl (C=O) groups excluding carboxylic acids is 1. The van der Waals surface area contributed by atoms with Crippen molar-refractivity contribution in [2.75, 3.05) is 36.4 Å². The molecule has 0 atom stereocenters. The number of anilines is 3. The molecule has 8 heteroatoms. The predicted octanol–water partition coefficient (Wildman–Crippen LogP) is 4.95. The molecule has 39 heavy (non-hydrogen) atoms. The van der Waals surface area contributed by atoms with E-state index in [-0.39, 0.29) is 17.6 Å². The van der Waals surface area contributed by atoms with Crippen LogP contribution in [0.1, 0.15) is 27.0 Å². The van der Waals surface area contributed by atoms with Crippen LogP contribution in [0.5, 0.6) is 0 Å². The number of amidine groups is 2. The van der Waals surface area contributed by atoms with Crippen molar-refractivity contribution in [1.29, 1.82) is 10.8 Å². The van der Waals surface area contributed by atoms with Gasteiger partial charge in [0.25, 0.3) is 5.91 Å². The van der Waals surface area contributed by atoms with Gasteiger partial charge in [0.1, 0.15) is 11.7 Å². The van der Waals surface area contributed by atoms with Crippen LogP contribution in [0.25, 0.3) is 0 Å². The topological polar surface area (TPSA) is 99.4 Å². The average molecular weight is 516 g/mol. The standard InChI is InChI=1S/C31H29N7O/c32-28(38-27-11-6-16-34-30(27)35-26-10-5-4-9-25(26)29(38)33)23-14-12-22(13-15-23)21-36-17-19-37(20-18-36)31(39)24-7-2-1-3-8-24/h1-16,32-33H,17-21H2,(H,34,35). The Morgan fingerprint density at radius 2 is 1.54 bits per heavy atom. The van der Waals surface area contributed by atoms with Crippen LogP contribution in [0.2, 0.25) is 0 Å². The van der Waals surface area contributed by atoms with E-state index in [1.54, 1.807) is 11.1 Å². The minimum atomic E-state index is 0.0896. The normalized spacial score (nSPS) is 15.1. The van der Waals surface area contributed by atoms with Crippen molar-refractivity contribution in [1.82, 2.24) is 14.8 Å². The largest absolute Gasteiger partial charge is 0.338 e. The minimum absolute atomic E-state index is 0.0896. The smallest absolute Gasteiger partial charge is 0.253 e. The lowest BCUT2D eigenvalue weighted by atomic mass is 10.1. The number of rotatable bonds is 4. The van der Waals surface area contributed by atoms with Crippen LogP contribution in [0.15, 0.2) is 97.2 Å². The van der Waals surface area contributed by atoms with E-state index in [0.29, 0.717) is 30.2 Å². The highest BCUT2D eigenvalue weighted by atomic mass is 16.2. The zero-order chi connectivity index (χ0) is 26.8. The number of para-hydroxylation sites is 1. The molecular formula is C31H29N7O. The molecule has 4 aromatic rings. The van der Waals surface area contributed by atoms with Crippen molar-refractivity contribution in [3.05, 3.63) is 119 Å². The fraction of sp³-hybridized carbons (Fsp3) is 0.161. The molecule has 3 heterocycles. The number of hydrogen-bond acceptors (Lipinski definition) is 6. The van der Waals surface area contributed by atoms with Crippen molar-refractivity contribution >= 4 is 34.8 Å². The van der Waals surface area contributed by atoms with E-state index in [1.807, 2.05) is 95.9 Å². The number of amides is 1. The summed E-state index contributed by atoms with van der Waals surface area (Å²) in [5.74, 6) is 1.14. The van der Waals surface area contributed by atoms with Crippen molar-refractivity contribution in [3.8, 4) is 0 Å². The highest BCUT2D eigenvalue weighted by molar-refractivity contribution is 6.30. The number of benzene rings is 3. The van der Waals surface area contributed by atoms with E-state index in [4.69, 9.17) is 10.8 Å². The van der Waals surface area contributed by atoms with Gasteiger partial charge in [-0.3, -0.25) is 25.4 Å². The summed E-state index contributed by atoms with van der Waals surface area (Å²) in [5.41, 5.74) is 4.76. The lowest BCUT2D eigenvalue weighted by Crippen LogP contribution is -2.48. The first-order valence-electron chi connectivity index (χ1n) is 13.0. The molecule has 2 aliphatic rings. The van der Waals surface area contributed by atoms with E-state index in [2.05, 4.69) is 15.2 Å². The first-order chi connectivity index (χ1) is 19.1. The maximum atomic E-state index is 12.7. The molecule has 0 bridgehead atoms. The molecule has 1 amide bonds. The lowest BCUT2D eigenvalue weighted by molar-refractivity contribution is 0.0628. The van der Waals surface area contributed by atoms with E-state index in [0.717, 1.165) is 42.0 Å². The summed E-state index contributed by atoms with van der Waals surface area (Å²) in [7, 11) is 0. The van der Waals surface area contributed by atoms with E-state index in [9.17, 15) is 4.79 Å². The van der Waals surface area contributed by atoms with Crippen LogP contribution in [0.4, 0.5) is 17.2 Å². The van der Waals surface area contributed by atoms with Crippen molar-refractivity contribution in [2.45, 2.75) is 6.54 Å². The first-order valence-corrected chi connectivity index (χ1v) is 13.0. The molecule has 6 rings (SSSR count). The maximum absolute atomic E-state index is 12.7. The fourth-order valence-electron chi connectivity index (χ4n) is 5.10. The molecule has 1 fully saturated rings.